The highest BCUT2D eigenvalue weighted by molar-refractivity contribution is 5.72. The van der Waals surface area contributed by atoms with Crippen LogP contribution in [0.2, 0.25) is 0 Å². The smallest absolute Gasteiger partial charge is 0.310 e. The van der Waals surface area contributed by atoms with Gasteiger partial charge in [0.1, 0.15) is 6.61 Å². The van der Waals surface area contributed by atoms with Crippen molar-refractivity contribution in [1.82, 2.24) is 0 Å². The van der Waals surface area contributed by atoms with Gasteiger partial charge in [0.2, 0.25) is 0 Å². The molecule has 1 heterocycles. The summed E-state index contributed by atoms with van der Waals surface area (Å²) in [5.74, 6) is -0.198. The maximum Gasteiger partial charge on any atom is 0.310 e. The van der Waals surface area contributed by atoms with Crippen LogP contribution in [0.1, 0.15) is 44.1 Å². The molecule has 114 valence electrons. The number of nitrogen functional groups attached to an aromatic ring is 1. The van der Waals surface area contributed by atoms with Crippen LogP contribution >= 0.6 is 0 Å². The minimum atomic E-state index is -0.198. The van der Waals surface area contributed by atoms with Crippen LogP contribution in [0.3, 0.4) is 0 Å². The summed E-state index contributed by atoms with van der Waals surface area (Å²) in [6, 6.07) is 7.31. The summed E-state index contributed by atoms with van der Waals surface area (Å²) in [5.41, 5.74) is 7.36. The lowest BCUT2D eigenvalue weighted by molar-refractivity contribution is -0.148. The molecule has 1 saturated heterocycles. The molecule has 4 heteroatoms. The molecule has 1 atom stereocenters. The minimum absolute atomic E-state index is 0.0819. The molecule has 1 unspecified atom stereocenters. The van der Waals surface area contributed by atoms with Crippen molar-refractivity contribution in [2.24, 2.45) is 0 Å². The lowest BCUT2D eigenvalue weighted by Crippen LogP contribution is -2.27. The Morgan fingerprint density at radius 2 is 1.95 bits per heavy atom. The number of hydrogen-bond donors (Lipinski definition) is 1. The lowest BCUT2D eigenvalue weighted by Gasteiger charge is -2.23. The van der Waals surface area contributed by atoms with Crippen molar-refractivity contribution >= 4 is 11.7 Å². The molecule has 2 fully saturated rings. The fourth-order valence-electron chi connectivity index (χ4n) is 3.44. The quantitative estimate of drug-likeness (QED) is 0.684. The second kappa shape index (κ2) is 6.06. The molecule has 4 nitrogen and oxygen atoms in total. The molecule has 0 radical (unpaired) electrons. The van der Waals surface area contributed by atoms with E-state index in [9.17, 15) is 4.79 Å². The van der Waals surface area contributed by atoms with E-state index in [-0.39, 0.29) is 24.1 Å². The predicted octanol–water partition coefficient (Wildman–Crippen LogP) is 2.85. The largest absolute Gasteiger partial charge is 0.463 e. The van der Waals surface area contributed by atoms with Crippen LogP contribution in [0.15, 0.2) is 24.3 Å². The van der Waals surface area contributed by atoms with E-state index in [1.54, 1.807) is 12.1 Å². The molecule has 1 aromatic carbocycles. The van der Waals surface area contributed by atoms with Gasteiger partial charge in [-0.3, -0.25) is 4.79 Å². The second-order valence-electron chi connectivity index (χ2n) is 6.27. The van der Waals surface area contributed by atoms with Crippen LogP contribution in [0.4, 0.5) is 5.69 Å². The van der Waals surface area contributed by atoms with Crippen molar-refractivity contribution in [3.8, 4) is 0 Å². The van der Waals surface area contributed by atoms with E-state index >= 15 is 0 Å². The zero-order valence-electron chi connectivity index (χ0n) is 12.3. The van der Waals surface area contributed by atoms with Gasteiger partial charge in [-0.25, -0.2) is 0 Å². The average molecular weight is 289 g/mol. The van der Waals surface area contributed by atoms with Crippen molar-refractivity contribution in [1.29, 1.82) is 0 Å². The number of benzene rings is 1. The first-order valence-corrected chi connectivity index (χ1v) is 7.83. The highest BCUT2D eigenvalue weighted by Gasteiger charge is 2.42. The first kappa shape index (κ1) is 14.4. The SMILES string of the molecule is Nc1ccc(CC(=O)OCC2CCC3(CCCC3)O2)cc1. The molecule has 0 aromatic heterocycles. The molecule has 1 aliphatic heterocycles. The molecule has 21 heavy (non-hydrogen) atoms. The third-order valence-corrected chi connectivity index (χ3v) is 4.61. The fraction of sp³-hybridized carbons (Fsp3) is 0.588. The Bertz CT molecular complexity index is 491. The van der Waals surface area contributed by atoms with Gasteiger partial charge in [0.25, 0.3) is 0 Å². The van der Waals surface area contributed by atoms with Crippen molar-refractivity contribution in [2.45, 2.75) is 56.7 Å². The standard InChI is InChI=1S/C17H23NO3/c18-14-5-3-13(4-6-14)11-16(19)20-12-15-7-10-17(21-15)8-1-2-9-17/h3-6,15H,1-2,7-12,18H2. The van der Waals surface area contributed by atoms with Gasteiger partial charge >= 0.3 is 5.97 Å². The summed E-state index contributed by atoms with van der Waals surface area (Å²) >= 11 is 0. The molecule has 0 amide bonds. The van der Waals surface area contributed by atoms with E-state index in [4.69, 9.17) is 15.2 Å². The third kappa shape index (κ3) is 3.56. The lowest BCUT2D eigenvalue weighted by atomic mass is 9.98. The molecule has 2 aliphatic rings. The highest BCUT2D eigenvalue weighted by atomic mass is 16.6. The highest BCUT2D eigenvalue weighted by Crippen LogP contribution is 2.43. The Labute approximate surface area is 125 Å². The summed E-state index contributed by atoms with van der Waals surface area (Å²) < 4.78 is 11.5. The van der Waals surface area contributed by atoms with Crippen LogP contribution in [-0.4, -0.2) is 24.3 Å². The number of carbonyl (C=O) groups excluding carboxylic acids is 1. The Morgan fingerprint density at radius 1 is 1.24 bits per heavy atom. The summed E-state index contributed by atoms with van der Waals surface area (Å²) in [7, 11) is 0. The van der Waals surface area contributed by atoms with E-state index in [0.29, 0.717) is 12.3 Å². The average Bonchev–Trinajstić information content (AvgIpc) is 3.10. The summed E-state index contributed by atoms with van der Waals surface area (Å²) in [6.07, 6.45) is 7.37. The molecular formula is C17H23NO3. The molecule has 1 spiro atoms. The first-order chi connectivity index (χ1) is 10.2. The Kier molecular flexibility index (Phi) is 4.15. The van der Waals surface area contributed by atoms with Gasteiger partial charge in [0.05, 0.1) is 18.1 Å². The van der Waals surface area contributed by atoms with Gasteiger partial charge < -0.3 is 15.2 Å². The van der Waals surface area contributed by atoms with Crippen molar-refractivity contribution in [2.75, 3.05) is 12.3 Å². The maximum absolute atomic E-state index is 11.9. The first-order valence-electron chi connectivity index (χ1n) is 7.83. The van der Waals surface area contributed by atoms with Gasteiger partial charge in [-0.15, -0.1) is 0 Å². The van der Waals surface area contributed by atoms with E-state index in [2.05, 4.69) is 0 Å². The Balaban J connectivity index is 1.43. The van der Waals surface area contributed by atoms with Gasteiger partial charge in [0.15, 0.2) is 0 Å². The summed E-state index contributed by atoms with van der Waals surface area (Å²) in [6.45, 7) is 0.384. The number of rotatable bonds is 4. The Hall–Kier alpha value is -1.55. The number of nitrogens with two attached hydrogens (primary N) is 1. The molecule has 1 aliphatic carbocycles. The van der Waals surface area contributed by atoms with E-state index < -0.39 is 0 Å². The number of hydrogen-bond acceptors (Lipinski definition) is 4. The van der Waals surface area contributed by atoms with Crippen LogP contribution in [0.5, 0.6) is 0 Å². The third-order valence-electron chi connectivity index (χ3n) is 4.61. The van der Waals surface area contributed by atoms with E-state index in [1.807, 2.05) is 12.1 Å². The van der Waals surface area contributed by atoms with Crippen LogP contribution in [0, 0.1) is 0 Å². The van der Waals surface area contributed by atoms with Gasteiger partial charge in [0, 0.05) is 5.69 Å². The van der Waals surface area contributed by atoms with Gasteiger partial charge in [-0.05, 0) is 43.4 Å². The zero-order valence-corrected chi connectivity index (χ0v) is 12.3. The number of ether oxygens (including phenoxy) is 2. The molecule has 2 N–H and O–H groups in total. The zero-order chi connectivity index (χ0) is 14.7. The molecule has 1 saturated carbocycles. The number of carbonyl (C=O) groups is 1. The predicted molar refractivity (Wildman–Crippen MR) is 80.8 cm³/mol. The normalized spacial score (nSPS) is 23.5. The molecular weight excluding hydrogens is 266 g/mol. The van der Waals surface area contributed by atoms with Gasteiger partial charge in [-0.1, -0.05) is 25.0 Å². The number of esters is 1. The van der Waals surface area contributed by atoms with Crippen LogP contribution in [0.25, 0.3) is 0 Å². The van der Waals surface area contributed by atoms with Crippen molar-refractivity contribution in [3.63, 3.8) is 0 Å². The monoisotopic (exact) mass is 289 g/mol. The second-order valence-corrected chi connectivity index (χ2v) is 6.27. The van der Waals surface area contributed by atoms with E-state index in [0.717, 1.165) is 18.4 Å². The number of anilines is 1. The maximum atomic E-state index is 11.9. The van der Waals surface area contributed by atoms with Crippen molar-refractivity contribution < 1.29 is 14.3 Å². The fourth-order valence-corrected chi connectivity index (χ4v) is 3.44. The molecule has 3 rings (SSSR count). The topological polar surface area (TPSA) is 61.6 Å². The summed E-state index contributed by atoms with van der Waals surface area (Å²) in [4.78, 5) is 11.9. The van der Waals surface area contributed by atoms with Crippen LogP contribution < -0.4 is 5.73 Å². The van der Waals surface area contributed by atoms with E-state index in [1.165, 1.54) is 25.7 Å². The minimum Gasteiger partial charge on any atom is -0.463 e. The summed E-state index contributed by atoms with van der Waals surface area (Å²) in [5, 5.41) is 0. The van der Waals surface area contributed by atoms with Gasteiger partial charge in [-0.2, -0.15) is 0 Å². The molecule has 1 aromatic rings. The van der Waals surface area contributed by atoms with Crippen LogP contribution in [-0.2, 0) is 20.7 Å². The Morgan fingerprint density at radius 3 is 2.67 bits per heavy atom. The van der Waals surface area contributed by atoms with Crippen molar-refractivity contribution in [3.05, 3.63) is 29.8 Å². The molecule has 0 bridgehead atoms.